The van der Waals surface area contributed by atoms with Crippen molar-refractivity contribution in [3.63, 3.8) is 0 Å². The lowest BCUT2D eigenvalue weighted by molar-refractivity contribution is -0.139. The van der Waals surface area contributed by atoms with E-state index in [4.69, 9.17) is 14.2 Å². The maximum atomic E-state index is 12.0. The Morgan fingerprint density at radius 3 is 2.41 bits per heavy atom. The molecule has 4 rings (SSSR count). The number of benzene rings is 2. The SMILES string of the molecule is CCCOC(CC)Oc1cnc(-c2ccc(-c3ccc(CC(=O)OC)c(C4=CCNCC4)c3)cc2)nc1. The largest absolute Gasteiger partial charge is 0.469 e. The van der Waals surface area contributed by atoms with Gasteiger partial charge in [-0.3, -0.25) is 4.79 Å². The number of nitrogens with one attached hydrogen (secondary N) is 1. The normalized spacial score (nSPS) is 14.1. The Morgan fingerprint density at radius 1 is 1.03 bits per heavy atom. The van der Waals surface area contributed by atoms with Crippen molar-refractivity contribution in [2.24, 2.45) is 0 Å². The average Bonchev–Trinajstić information content (AvgIpc) is 2.96. The number of ether oxygens (including phenoxy) is 3. The zero-order chi connectivity index (χ0) is 26.0. The highest BCUT2D eigenvalue weighted by Gasteiger charge is 2.15. The molecule has 3 aromatic rings. The van der Waals surface area contributed by atoms with Crippen molar-refractivity contribution in [3.8, 4) is 28.3 Å². The zero-order valence-corrected chi connectivity index (χ0v) is 21.8. The highest BCUT2D eigenvalue weighted by molar-refractivity contribution is 5.80. The summed E-state index contributed by atoms with van der Waals surface area (Å²) in [4.78, 5) is 21.0. The molecule has 1 aliphatic heterocycles. The standard InChI is InChI=1S/C30H35N3O4/c1-4-16-36-29(5-2)37-26-19-32-30(33-20-26)23-8-6-21(7-9-23)24-10-11-25(18-28(34)35-3)27(17-24)22-12-14-31-15-13-22/h6-12,17,19-20,29,31H,4-5,13-16,18H2,1-3H3. The number of carbonyl (C=O) groups excluding carboxylic acids is 1. The molecule has 1 aromatic heterocycles. The molecule has 0 bridgehead atoms. The van der Waals surface area contributed by atoms with E-state index in [0.29, 0.717) is 18.2 Å². The Hall–Kier alpha value is -3.55. The Morgan fingerprint density at radius 2 is 1.76 bits per heavy atom. The predicted octanol–water partition coefficient (Wildman–Crippen LogP) is 5.44. The van der Waals surface area contributed by atoms with Crippen molar-refractivity contribution in [3.05, 3.63) is 72.1 Å². The van der Waals surface area contributed by atoms with Gasteiger partial charge in [0.1, 0.15) is 0 Å². The van der Waals surface area contributed by atoms with Crippen molar-refractivity contribution >= 4 is 11.5 Å². The first-order valence-corrected chi connectivity index (χ1v) is 12.9. The maximum absolute atomic E-state index is 12.0. The van der Waals surface area contributed by atoms with Gasteiger partial charge in [-0.05, 0) is 53.3 Å². The van der Waals surface area contributed by atoms with Crippen LogP contribution in [0.5, 0.6) is 5.75 Å². The second kappa shape index (κ2) is 13.1. The molecule has 37 heavy (non-hydrogen) atoms. The summed E-state index contributed by atoms with van der Waals surface area (Å²) in [5.74, 6) is 0.994. The molecule has 0 amide bonds. The molecule has 2 aromatic carbocycles. The Bertz CT molecular complexity index is 1210. The first-order chi connectivity index (χ1) is 18.1. The van der Waals surface area contributed by atoms with E-state index in [9.17, 15) is 4.79 Å². The van der Waals surface area contributed by atoms with Crippen LogP contribution >= 0.6 is 0 Å². The Kier molecular flexibility index (Phi) is 9.40. The van der Waals surface area contributed by atoms with Crippen LogP contribution in [0.15, 0.2) is 60.9 Å². The van der Waals surface area contributed by atoms with Gasteiger partial charge in [0.25, 0.3) is 0 Å². The molecule has 194 valence electrons. The molecule has 2 heterocycles. The Balaban J connectivity index is 1.52. The molecule has 0 fully saturated rings. The molecular weight excluding hydrogens is 466 g/mol. The summed E-state index contributed by atoms with van der Waals surface area (Å²) in [7, 11) is 1.43. The van der Waals surface area contributed by atoms with E-state index in [0.717, 1.165) is 60.2 Å². The number of carbonyl (C=O) groups is 1. The molecule has 1 N–H and O–H groups in total. The van der Waals surface area contributed by atoms with Crippen LogP contribution in [0.2, 0.25) is 0 Å². The van der Waals surface area contributed by atoms with Gasteiger partial charge in [0.2, 0.25) is 0 Å². The van der Waals surface area contributed by atoms with Crippen LogP contribution in [-0.4, -0.2) is 49.0 Å². The van der Waals surface area contributed by atoms with Crippen molar-refractivity contribution < 1.29 is 19.0 Å². The van der Waals surface area contributed by atoms with Gasteiger partial charge >= 0.3 is 5.97 Å². The third kappa shape index (κ3) is 7.02. The number of aromatic nitrogens is 2. The maximum Gasteiger partial charge on any atom is 0.309 e. The number of hydrogen-bond donors (Lipinski definition) is 1. The van der Waals surface area contributed by atoms with E-state index < -0.39 is 0 Å². The van der Waals surface area contributed by atoms with Crippen LogP contribution in [0.4, 0.5) is 0 Å². The van der Waals surface area contributed by atoms with Gasteiger partial charge in [-0.2, -0.15) is 0 Å². The minimum atomic E-state index is -0.293. The second-order valence-electron chi connectivity index (χ2n) is 8.95. The molecule has 1 unspecified atom stereocenters. The summed E-state index contributed by atoms with van der Waals surface area (Å²) < 4.78 is 16.5. The van der Waals surface area contributed by atoms with E-state index in [1.165, 1.54) is 12.7 Å². The third-order valence-electron chi connectivity index (χ3n) is 6.30. The molecule has 0 aliphatic carbocycles. The summed E-state index contributed by atoms with van der Waals surface area (Å²) in [6, 6.07) is 14.5. The minimum Gasteiger partial charge on any atom is -0.469 e. The first kappa shape index (κ1) is 26.5. The fourth-order valence-corrected chi connectivity index (χ4v) is 4.28. The van der Waals surface area contributed by atoms with Crippen LogP contribution in [-0.2, 0) is 20.7 Å². The number of rotatable bonds is 11. The topological polar surface area (TPSA) is 82.6 Å². The summed E-state index contributed by atoms with van der Waals surface area (Å²) in [6.07, 6.45) is 8.17. The second-order valence-corrected chi connectivity index (χ2v) is 8.95. The predicted molar refractivity (Wildman–Crippen MR) is 145 cm³/mol. The van der Waals surface area contributed by atoms with Gasteiger partial charge in [0.05, 0.1) is 32.5 Å². The molecule has 0 radical (unpaired) electrons. The van der Waals surface area contributed by atoms with E-state index in [1.807, 2.05) is 25.1 Å². The van der Waals surface area contributed by atoms with Crippen LogP contribution < -0.4 is 10.1 Å². The van der Waals surface area contributed by atoms with Crippen molar-refractivity contribution in [1.82, 2.24) is 15.3 Å². The van der Waals surface area contributed by atoms with E-state index in [2.05, 4.69) is 52.5 Å². The fraction of sp³-hybridized carbons (Fsp3) is 0.367. The summed E-state index contributed by atoms with van der Waals surface area (Å²) >= 11 is 0. The van der Waals surface area contributed by atoms with Gasteiger partial charge in [0.15, 0.2) is 17.9 Å². The third-order valence-corrected chi connectivity index (χ3v) is 6.30. The zero-order valence-electron chi connectivity index (χ0n) is 21.8. The number of methoxy groups -OCH3 is 1. The smallest absolute Gasteiger partial charge is 0.309 e. The van der Waals surface area contributed by atoms with Crippen molar-refractivity contribution in [1.29, 1.82) is 0 Å². The number of hydrogen-bond acceptors (Lipinski definition) is 7. The van der Waals surface area contributed by atoms with E-state index in [-0.39, 0.29) is 18.7 Å². The number of nitrogens with zero attached hydrogens (tertiary/aromatic N) is 2. The lowest BCUT2D eigenvalue weighted by atomic mass is 9.90. The van der Waals surface area contributed by atoms with Crippen LogP contribution in [0.3, 0.4) is 0 Å². The van der Waals surface area contributed by atoms with Crippen molar-refractivity contribution in [2.75, 3.05) is 26.8 Å². The van der Waals surface area contributed by atoms with E-state index >= 15 is 0 Å². The van der Waals surface area contributed by atoms with Gasteiger partial charge in [-0.25, -0.2) is 9.97 Å². The summed E-state index contributed by atoms with van der Waals surface area (Å²) in [6.45, 7) is 6.52. The molecule has 1 aliphatic rings. The first-order valence-electron chi connectivity index (χ1n) is 12.9. The lowest BCUT2D eigenvalue weighted by Crippen LogP contribution is -2.20. The van der Waals surface area contributed by atoms with Crippen LogP contribution in [0.1, 0.15) is 44.2 Å². The number of esters is 1. The van der Waals surface area contributed by atoms with Crippen LogP contribution in [0, 0.1) is 0 Å². The average molecular weight is 502 g/mol. The molecular formula is C30H35N3O4. The van der Waals surface area contributed by atoms with E-state index in [1.54, 1.807) is 12.4 Å². The van der Waals surface area contributed by atoms with Gasteiger partial charge in [0, 0.05) is 18.5 Å². The highest BCUT2D eigenvalue weighted by atomic mass is 16.7. The summed E-state index contributed by atoms with van der Waals surface area (Å²) in [5.41, 5.74) is 6.47. The van der Waals surface area contributed by atoms with Gasteiger partial charge in [-0.15, -0.1) is 0 Å². The van der Waals surface area contributed by atoms with Crippen LogP contribution in [0.25, 0.3) is 28.1 Å². The molecule has 0 saturated carbocycles. The Labute approximate surface area is 218 Å². The summed E-state index contributed by atoms with van der Waals surface area (Å²) in [5, 5.41) is 3.35. The quantitative estimate of drug-likeness (QED) is 0.277. The van der Waals surface area contributed by atoms with Crippen molar-refractivity contribution in [2.45, 2.75) is 45.8 Å². The molecule has 1 atom stereocenters. The monoisotopic (exact) mass is 501 g/mol. The highest BCUT2D eigenvalue weighted by Crippen LogP contribution is 2.31. The van der Waals surface area contributed by atoms with Gasteiger partial charge in [-0.1, -0.05) is 56.3 Å². The molecule has 7 nitrogen and oxygen atoms in total. The minimum absolute atomic E-state index is 0.233. The lowest BCUT2D eigenvalue weighted by Gasteiger charge is -2.18. The molecule has 0 saturated heterocycles. The molecule has 0 spiro atoms. The fourth-order valence-electron chi connectivity index (χ4n) is 4.28. The molecule has 7 heteroatoms. The van der Waals surface area contributed by atoms with Gasteiger partial charge < -0.3 is 19.5 Å².